The van der Waals surface area contributed by atoms with Crippen molar-refractivity contribution in [3.05, 3.63) is 239 Å². The third-order valence-electron chi connectivity index (χ3n) is 14.3. The first-order valence-electron chi connectivity index (χ1n) is 24.6. The fourth-order valence-corrected chi connectivity index (χ4v) is 11.7. The van der Waals surface area contributed by atoms with E-state index in [9.17, 15) is 0 Å². The Bertz CT molecular complexity index is 3610. The van der Waals surface area contributed by atoms with Crippen LogP contribution < -0.4 is 9.80 Å². The van der Waals surface area contributed by atoms with Gasteiger partial charge >= 0.3 is 0 Å². The Hall–Kier alpha value is -8.20. The molecule has 0 unspecified atom stereocenters. The van der Waals surface area contributed by atoms with Crippen LogP contribution in [0.2, 0.25) is 0 Å². The SMILES string of the molecule is Cc1cc(C)cc(N(c2cc(C)cc(C)c2)c2cc(-c3ccc4ccccc4c3)c3ccc4c(N(c5cc(C)cc(C)c5)c5cc(C)cc(C)c5)cc(-c5ccc6ccccc6c5)c5ccc2c3c54)c1. The van der Waals surface area contributed by atoms with Crippen molar-refractivity contribution in [1.29, 1.82) is 0 Å². The highest BCUT2D eigenvalue weighted by Gasteiger charge is 2.27. The van der Waals surface area contributed by atoms with Gasteiger partial charge in [-0.3, -0.25) is 0 Å². The zero-order valence-corrected chi connectivity index (χ0v) is 41.4. The maximum Gasteiger partial charge on any atom is 0.0546 e. The number of anilines is 6. The molecule has 12 rings (SSSR count). The molecule has 0 amide bonds. The summed E-state index contributed by atoms with van der Waals surface area (Å²) in [5.41, 5.74) is 21.6. The van der Waals surface area contributed by atoms with Gasteiger partial charge in [-0.1, -0.05) is 121 Å². The van der Waals surface area contributed by atoms with E-state index < -0.39 is 0 Å². The maximum absolute atomic E-state index is 2.53. The van der Waals surface area contributed by atoms with Gasteiger partial charge in [0.25, 0.3) is 0 Å². The normalized spacial score (nSPS) is 11.7. The molecule has 2 nitrogen and oxygen atoms in total. The Morgan fingerprint density at radius 3 is 0.843 bits per heavy atom. The molecular weight excluding hydrogens is 845 g/mol. The Morgan fingerprint density at radius 1 is 0.243 bits per heavy atom. The van der Waals surface area contributed by atoms with Gasteiger partial charge in [0.05, 0.1) is 11.4 Å². The highest BCUT2D eigenvalue weighted by atomic mass is 15.2. The Morgan fingerprint density at radius 2 is 0.529 bits per heavy atom. The van der Waals surface area contributed by atoms with Crippen LogP contribution in [-0.4, -0.2) is 0 Å². The third kappa shape index (κ3) is 7.52. The van der Waals surface area contributed by atoms with Crippen LogP contribution in [0.15, 0.2) is 194 Å². The average molecular weight is 901 g/mol. The molecule has 2 heteroatoms. The van der Waals surface area contributed by atoms with Gasteiger partial charge in [0.1, 0.15) is 0 Å². The molecule has 0 aliphatic rings. The molecule has 0 bridgehead atoms. The molecule has 0 aliphatic carbocycles. The summed E-state index contributed by atoms with van der Waals surface area (Å²) in [5, 5.41) is 12.3. The monoisotopic (exact) mass is 900 g/mol. The van der Waals surface area contributed by atoms with E-state index in [2.05, 4.69) is 259 Å². The number of benzene rings is 12. The van der Waals surface area contributed by atoms with Crippen LogP contribution in [0.25, 0.3) is 76.1 Å². The quantitative estimate of drug-likeness (QED) is 0.140. The summed E-state index contributed by atoms with van der Waals surface area (Å²) in [4.78, 5) is 5.05. The highest BCUT2D eigenvalue weighted by molar-refractivity contribution is 6.32. The zero-order valence-electron chi connectivity index (χ0n) is 41.4. The smallest absolute Gasteiger partial charge is 0.0546 e. The van der Waals surface area contributed by atoms with E-state index in [4.69, 9.17) is 0 Å². The Kier molecular flexibility index (Phi) is 10.3. The minimum Gasteiger partial charge on any atom is -0.310 e. The molecule has 338 valence electrons. The fourth-order valence-electron chi connectivity index (χ4n) is 11.7. The van der Waals surface area contributed by atoms with Crippen molar-refractivity contribution in [3.8, 4) is 22.3 Å². The lowest BCUT2D eigenvalue weighted by molar-refractivity contribution is 1.24. The molecule has 0 saturated heterocycles. The second-order valence-corrected chi connectivity index (χ2v) is 20.1. The van der Waals surface area contributed by atoms with Crippen LogP contribution in [0.4, 0.5) is 34.1 Å². The first-order valence-corrected chi connectivity index (χ1v) is 24.6. The van der Waals surface area contributed by atoms with Crippen molar-refractivity contribution in [3.63, 3.8) is 0 Å². The van der Waals surface area contributed by atoms with Crippen molar-refractivity contribution < 1.29 is 0 Å². The maximum atomic E-state index is 2.53. The summed E-state index contributed by atoms with van der Waals surface area (Å²) in [7, 11) is 0. The number of aryl methyl sites for hydroxylation is 8. The van der Waals surface area contributed by atoms with Crippen molar-refractivity contribution in [1.82, 2.24) is 0 Å². The van der Waals surface area contributed by atoms with Gasteiger partial charge in [-0.2, -0.15) is 0 Å². The van der Waals surface area contributed by atoms with Crippen LogP contribution in [-0.2, 0) is 0 Å². The second kappa shape index (κ2) is 16.8. The Balaban J connectivity index is 1.28. The molecule has 0 aliphatic heterocycles. The van der Waals surface area contributed by atoms with Gasteiger partial charge in [0.15, 0.2) is 0 Å². The van der Waals surface area contributed by atoms with Gasteiger partial charge in [-0.05, 0) is 227 Å². The van der Waals surface area contributed by atoms with Crippen LogP contribution in [0, 0.1) is 55.4 Å². The largest absolute Gasteiger partial charge is 0.310 e. The topological polar surface area (TPSA) is 6.48 Å². The number of hydrogen-bond acceptors (Lipinski definition) is 2. The molecule has 12 aromatic carbocycles. The molecule has 70 heavy (non-hydrogen) atoms. The van der Waals surface area contributed by atoms with Crippen molar-refractivity contribution in [2.75, 3.05) is 9.80 Å². The second-order valence-electron chi connectivity index (χ2n) is 20.1. The van der Waals surface area contributed by atoms with Gasteiger partial charge in [0.2, 0.25) is 0 Å². The number of hydrogen-bond donors (Lipinski definition) is 0. The van der Waals surface area contributed by atoms with Gasteiger partial charge in [0, 0.05) is 44.3 Å². The summed E-state index contributed by atoms with van der Waals surface area (Å²) in [6, 6.07) is 74.0. The third-order valence-corrected chi connectivity index (χ3v) is 14.3. The highest BCUT2D eigenvalue weighted by Crippen LogP contribution is 2.53. The van der Waals surface area contributed by atoms with Crippen LogP contribution >= 0.6 is 0 Å². The first kappa shape index (κ1) is 43.1. The molecule has 0 atom stereocenters. The van der Waals surface area contributed by atoms with Gasteiger partial charge < -0.3 is 9.80 Å². The van der Waals surface area contributed by atoms with E-state index >= 15 is 0 Å². The van der Waals surface area contributed by atoms with Gasteiger partial charge in [-0.15, -0.1) is 0 Å². The molecule has 0 radical (unpaired) electrons. The molecule has 12 aromatic rings. The van der Waals surface area contributed by atoms with E-state index in [0.29, 0.717) is 0 Å². The molecule has 0 spiro atoms. The Labute approximate surface area is 412 Å². The standard InChI is InChI=1S/C68H56N2/c1-41-25-42(2)30-55(29-41)69(56-31-43(3)26-44(4)32-56)65-39-63(53-19-17-49-13-9-11-15-51(49)37-53)59-22-24-62-66(70(57-33-45(5)27-46(6)34-57)58-35-47(7)28-48(8)36-58)40-64(60-21-23-61(65)67(59)68(60)62)54-20-18-50-14-10-12-16-52(50)38-54/h9-40H,1-8H3. The van der Waals surface area contributed by atoms with E-state index in [0.717, 1.165) is 34.1 Å². The number of nitrogens with zero attached hydrogens (tertiary/aromatic N) is 2. The van der Waals surface area contributed by atoms with E-state index in [1.165, 1.54) is 121 Å². The molecular formula is C68H56N2. The summed E-state index contributed by atoms with van der Waals surface area (Å²) in [5.74, 6) is 0. The summed E-state index contributed by atoms with van der Waals surface area (Å²) < 4.78 is 0. The molecule has 0 N–H and O–H groups in total. The lowest BCUT2D eigenvalue weighted by atomic mass is 9.84. The van der Waals surface area contributed by atoms with Crippen molar-refractivity contribution in [2.45, 2.75) is 55.4 Å². The van der Waals surface area contributed by atoms with E-state index in [1.807, 2.05) is 0 Å². The van der Waals surface area contributed by atoms with Crippen LogP contribution in [0.3, 0.4) is 0 Å². The van der Waals surface area contributed by atoms with Crippen LogP contribution in [0.5, 0.6) is 0 Å². The average Bonchev–Trinajstić information content (AvgIpc) is 3.32. The van der Waals surface area contributed by atoms with E-state index in [-0.39, 0.29) is 0 Å². The summed E-state index contributed by atoms with van der Waals surface area (Å²) in [6.45, 7) is 17.7. The van der Waals surface area contributed by atoms with Crippen molar-refractivity contribution in [2.24, 2.45) is 0 Å². The fraction of sp³-hybridized carbons (Fsp3) is 0.118. The minimum atomic E-state index is 1.15. The van der Waals surface area contributed by atoms with Gasteiger partial charge in [-0.25, -0.2) is 0 Å². The summed E-state index contributed by atoms with van der Waals surface area (Å²) >= 11 is 0. The lowest BCUT2D eigenvalue weighted by Crippen LogP contribution is -2.13. The molecule has 0 heterocycles. The zero-order chi connectivity index (χ0) is 47.9. The number of fused-ring (bicyclic) bond motifs is 2. The minimum absolute atomic E-state index is 1.15. The van der Waals surface area contributed by atoms with Crippen molar-refractivity contribution >= 4 is 88.0 Å². The molecule has 0 fully saturated rings. The first-order chi connectivity index (χ1) is 33.9. The van der Waals surface area contributed by atoms with E-state index in [1.54, 1.807) is 0 Å². The predicted octanol–water partition coefficient (Wildman–Crippen LogP) is 19.6. The van der Waals surface area contributed by atoms with Crippen LogP contribution in [0.1, 0.15) is 44.5 Å². The summed E-state index contributed by atoms with van der Waals surface area (Å²) in [6.07, 6.45) is 0. The predicted molar refractivity (Wildman–Crippen MR) is 303 cm³/mol. The lowest BCUT2D eigenvalue weighted by Gasteiger charge is -2.32. The number of rotatable bonds is 8. The molecule has 0 aromatic heterocycles. The molecule has 0 saturated carbocycles.